The zero-order valence-corrected chi connectivity index (χ0v) is 11.4. The summed E-state index contributed by atoms with van der Waals surface area (Å²) < 4.78 is 12.8. The molecular formula is C14H27FN2. The van der Waals surface area contributed by atoms with Crippen LogP contribution in [0.1, 0.15) is 52.4 Å². The maximum Gasteiger partial charge on any atom is 0.102 e. The van der Waals surface area contributed by atoms with Gasteiger partial charge in [-0.25, -0.2) is 4.39 Å². The van der Waals surface area contributed by atoms with Gasteiger partial charge in [-0.1, -0.05) is 26.7 Å². The molecule has 1 saturated heterocycles. The molecule has 2 rings (SSSR count). The minimum atomic E-state index is -0.210. The monoisotopic (exact) mass is 242 g/mol. The molecule has 1 heterocycles. The highest BCUT2D eigenvalue weighted by molar-refractivity contribution is 5.06. The third kappa shape index (κ3) is 2.37. The molecule has 0 unspecified atom stereocenters. The zero-order valence-electron chi connectivity index (χ0n) is 11.4. The number of hydrogen-bond acceptors (Lipinski definition) is 2. The predicted octanol–water partition coefficient (Wildman–Crippen LogP) is 2.73. The Morgan fingerprint density at radius 3 is 2.35 bits per heavy atom. The van der Waals surface area contributed by atoms with E-state index in [-0.39, 0.29) is 12.2 Å². The Bertz CT molecular complexity index is 245. The molecule has 1 spiro atoms. The average molecular weight is 242 g/mol. The van der Waals surface area contributed by atoms with Crippen LogP contribution in [0.2, 0.25) is 0 Å². The van der Waals surface area contributed by atoms with E-state index >= 15 is 0 Å². The summed E-state index contributed by atoms with van der Waals surface area (Å²) in [5, 5.41) is 3.81. The number of rotatable bonds is 4. The van der Waals surface area contributed by atoms with Gasteiger partial charge < -0.3 is 5.32 Å². The molecule has 3 heteroatoms. The van der Waals surface area contributed by atoms with Gasteiger partial charge in [0.1, 0.15) is 6.67 Å². The Hall–Kier alpha value is -0.150. The lowest BCUT2D eigenvalue weighted by Gasteiger charge is -2.53. The van der Waals surface area contributed by atoms with Crippen molar-refractivity contribution < 1.29 is 4.39 Å². The fraction of sp³-hybridized carbons (Fsp3) is 1.00. The molecule has 100 valence electrons. The van der Waals surface area contributed by atoms with Crippen molar-refractivity contribution in [2.75, 3.05) is 26.3 Å². The van der Waals surface area contributed by atoms with Gasteiger partial charge in [0, 0.05) is 30.7 Å². The van der Waals surface area contributed by atoms with E-state index in [4.69, 9.17) is 0 Å². The normalized spacial score (nSPS) is 27.7. The molecule has 2 fully saturated rings. The Kier molecular flexibility index (Phi) is 4.09. The average Bonchev–Trinajstić information content (AvgIpc) is 2.80. The van der Waals surface area contributed by atoms with Crippen molar-refractivity contribution in [1.82, 2.24) is 10.2 Å². The molecule has 17 heavy (non-hydrogen) atoms. The first-order chi connectivity index (χ1) is 8.20. The summed E-state index contributed by atoms with van der Waals surface area (Å²) in [5.41, 5.74) is 0.503. The third-order valence-electron chi connectivity index (χ3n) is 5.19. The molecule has 2 nitrogen and oxygen atoms in total. The Morgan fingerprint density at radius 1 is 1.18 bits per heavy atom. The van der Waals surface area contributed by atoms with Crippen molar-refractivity contribution in [2.45, 2.75) is 63.5 Å². The summed E-state index contributed by atoms with van der Waals surface area (Å²) in [4.78, 5) is 2.44. The van der Waals surface area contributed by atoms with Gasteiger partial charge in [0.15, 0.2) is 0 Å². The smallest absolute Gasteiger partial charge is 0.102 e. The quantitative estimate of drug-likeness (QED) is 0.815. The van der Waals surface area contributed by atoms with Crippen molar-refractivity contribution in [3.8, 4) is 0 Å². The van der Waals surface area contributed by atoms with Crippen molar-refractivity contribution in [2.24, 2.45) is 0 Å². The van der Waals surface area contributed by atoms with Gasteiger partial charge in [0.25, 0.3) is 0 Å². The Morgan fingerprint density at radius 2 is 1.82 bits per heavy atom. The van der Waals surface area contributed by atoms with Gasteiger partial charge in [0.2, 0.25) is 0 Å². The van der Waals surface area contributed by atoms with Crippen LogP contribution in [0.25, 0.3) is 0 Å². The molecule has 0 atom stereocenters. The number of hydrogen-bond donors (Lipinski definition) is 1. The highest BCUT2D eigenvalue weighted by Gasteiger charge is 2.46. The summed E-state index contributed by atoms with van der Waals surface area (Å²) >= 11 is 0. The minimum Gasteiger partial charge on any atom is -0.308 e. The second kappa shape index (κ2) is 5.23. The Labute approximate surface area is 105 Å². The molecule has 0 aromatic rings. The van der Waals surface area contributed by atoms with E-state index in [2.05, 4.69) is 24.1 Å². The van der Waals surface area contributed by atoms with Gasteiger partial charge in [-0.3, -0.25) is 4.90 Å². The summed E-state index contributed by atoms with van der Waals surface area (Å²) in [6, 6.07) is 0. The van der Waals surface area contributed by atoms with Crippen LogP contribution in [0.15, 0.2) is 0 Å². The van der Waals surface area contributed by atoms with Crippen LogP contribution in [0, 0.1) is 0 Å². The maximum atomic E-state index is 12.8. The summed E-state index contributed by atoms with van der Waals surface area (Å²) in [5.74, 6) is 0. The van der Waals surface area contributed by atoms with Crippen LogP contribution >= 0.6 is 0 Å². The van der Waals surface area contributed by atoms with E-state index in [9.17, 15) is 4.39 Å². The second-order valence-electron chi connectivity index (χ2n) is 5.88. The molecule has 1 N–H and O–H groups in total. The highest BCUT2D eigenvalue weighted by Crippen LogP contribution is 2.37. The molecular weight excluding hydrogens is 215 g/mol. The molecule has 0 aromatic carbocycles. The lowest BCUT2D eigenvalue weighted by Crippen LogP contribution is -2.69. The van der Waals surface area contributed by atoms with E-state index in [1.54, 1.807) is 0 Å². The van der Waals surface area contributed by atoms with E-state index in [1.807, 2.05) is 0 Å². The topological polar surface area (TPSA) is 15.3 Å². The van der Waals surface area contributed by atoms with Crippen molar-refractivity contribution in [1.29, 1.82) is 0 Å². The van der Waals surface area contributed by atoms with Crippen LogP contribution in [0.5, 0.6) is 0 Å². The minimum absolute atomic E-state index is 0.194. The number of alkyl halides is 1. The first-order valence-corrected chi connectivity index (χ1v) is 7.26. The zero-order chi connectivity index (χ0) is 12.4. The van der Waals surface area contributed by atoms with Crippen molar-refractivity contribution in [3.05, 3.63) is 0 Å². The number of nitrogens with one attached hydrogen (secondary N) is 1. The fourth-order valence-electron chi connectivity index (χ4n) is 3.80. The van der Waals surface area contributed by atoms with Crippen LogP contribution < -0.4 is 5.32 Å². The summed E-state index contributed by atoms with van der Waals surface area (Å²) in [6.45, 7) is 6.98. The van der Waals surface area contributed by atoms with E-state index in [0.29, 0.717) is 12.1 Å². The molecule has 0 aromatic heterocycles. The summed E-state index contributed by atoms with van der Waals surface area (Å²) in [7, 11) is 0. The molecule has 2 aliphatic rings. The standard InChI is InChI=1S/C14H27FN2/c1-3-14(4-2)11-16-13(7-5-6-8-13)12-17(14)10-9-15/h16H,3-12H2,1-2H3. The van der Waals surface area contributed by atoms with E-state index < -0.39 is 0 Å². The molecule has 1 saturated carbocycles. The first kappa shape index (κ1) is 13.3. The highest BCUT2D eigenvalue weighted by atomic mass is 19.1. The molecule has 1 aliphatic carbocycles. The largest absolute Gasteiger partial charge is 0.308 e. The SMILES string of the molecule is CCC1(CC)CNC2(CCCC2)CN1CCF. The molecule has 0 bridgehead atoms. The van der Waals surface area contributed by atoms with Crippen LogP contribution in [-0.4, -0.2) is 42.3 Å². The number of halogens is 1. The maximum absolute atomic E-state index is 12.8. The fourth-order valence-corrected chi connectivity index (χ4v) is 3.80. The second-order valence-corrected chi connectivity index (χ2v) is 5.88. The van der Waals surface area contributed by atoms with Crippen molar-refractivity contribution in [3.63, 3.8) is 0 Å². The molecule has 1 aliphatic heterocycles. The van der Waals surface area contributed by atoms with Gasteiger partial charge >= 0.3 is 0 Å². The van der Waals surface area contributed by atoms with Crippen molar-refractivity contribution >= 4 is 0 Å². The predicted molar refractivity (Wildman–Crippen MR) is 70.1 cm³/mol. The number of piperazine rings is 1. The molecule has 0 amide bonds. The van der Waals surface area contributed by atoms with E-state index in [0.717, 1.165) is 25.9 Å². The van der Waals surface area contributed by atoms with Crippen LogP contribution in [-0.2, 0) is 0 Å². The van der Waals surface area contributed by atoms with Gasteiger partial charge in [-0.05, 0) is 25.7 Å². The lowest BCUT2D eigenvalue weighted by molar-refractivity contribution is -0.00347. The van der Waals surface area contributed by atoms with Gasteiger partial charge in [-0.15, -0.1) is 0 Å². The van der Waals surface area contributed by atoms with Gasteiger partial charge in [-0.2, -0.15) is 0 Å². The molecule has 0 radical (unpaired) electrons. The first-order valence-electron chi connectivity index (χ1n) is 7.26. The Balaban J connectivity index is 2.12. The third-order valence-corrected chi connectivity index (χ3v) is 5.19. The van der Waals surface area contributed by atoms with Gasteiger partial charge in [0.05, 0.1) is 0 Å². The van der Waals surface area contributed by atoms with Crippen LogP contribution in [0.4, 0.5) is 4.39 Å². The lowest BCUT2D eigenvalue weighted by atomic mass is 9.82. The summed E-state index contributed by atoms with van der Waals surface area (Å²) in [6.07, 6.45) is 7.46. The van der Waals surface area contributed by atoms with E-state index in [1.165, 1.54) is 25.7 Å². The number of nitrogens with zero attached hydrogens (tertiary/aromatic N) is 1. The van der Waals surface area contributed by atoms with Crippen LogP contribution in [0.3, 0.4) is 0 Å².